The molecule has 5 nitrogen and oxygen atoms in total. The van der Waals surface area contributed by atoms with Crippen LogP contribution < -0.4 is 10.2 Å². The summed E-state index contributed by atoms with van der Waals surface area (Å²) in [6.07, 6.45) is -4.59. The zero-order valence-corrected chi connectivity index (χ0v) is 19.7. The molecule has 0 saturated heterocycles. The molecule has 3 rings (SSSR count). The Hall–Kier alpha value is -3.83. The second-order valence-electron chi connectivity index (χ2n) is 7.98. The van der Waals surface area contributed by atoms with Crippen LogP contribution in [-0.4, -0.2) is 32.7 Å². The van der Waals surface area contributed by atoms with E-state index in [0.29, 0.717) is 30.8 Å². The first-order chi connectivity index (χ1) is 16.7. The summed E-state index contributed by atoms with van der Waals surface area (Å²) in [5.74, 6) is -0.521. The van der Waals surface area contributed by atoms with Gasteiger partial charge in [0, 0.05) is 37.1 Å². The summed E-state index contributed by atoms with van der Waals surface area (Å²) in [5.41, 5.74) is 2.64. The van der Waals surface area contributed by atoms with Crippen LogP contribution in [0.4, 0.5) is 24.5 Å². The van der Waals surface area contributed by atoms with Gasteiger partial charge in [-0.15, -0.1) is 0 Å². The number of anilines is 2. The van der Waals surface area contributed by atoms with Gasteiger partial charge >= 0.3 is 6.18 Å². The molecule has 8 heteroatoms. The molecule has 3 aromatic rings. The first-order valence-electron chi connectivity index (χ1n) is 11.1. The Morgan fingerprint density at radius 2 is 1.80 bits per heavy atom. The lowest BCUT2D eigenvalue weighted by atomic mass is 9.97. The van der Waals surface area contributed by atoms with Crippen molar-refractivity contribution in [3.05, 3.63) is 82.9 Å². The fourth-order valence-corrected chi connectivity index (χ4v) is 3.77. The number of nitriles is 1. The average Bonchev–Trinajstić information content (AvgIpc) is 2.84. The van der Waals surface area contributed by atoms with Crippen LogP contribution >= 0.6 is 0 Å². The monoisotopic (exact) mass is 481 g/mol. The minimum absolute atomic E-state index is 0.0356. The summed E-state index contributed by atoms with van der Waals surface area (Å²) in [7, 11) is 1.50. The number of benzene rings is 3. The van der Waals surface area contributed by atoms with Crippen LogP contribution in [0.3, 0.4) is 0 Å². The molecule has 0 radical (unpaired) electrons. The van der Waals surface area contributed by atoms with Crippen molar-refractivity contribution in [3.63, 3.8) is 0 Å². The minimum Gasteiger partial charge on any atom is -0.383 e. The van der Waals surface area contributed by atoms with Crippen molar-refractivity contribution in [2.45, 2.75) is 20.0 Å². The highest BCUT2D eigenvalue weighted by molar-refractivity contribution is 6.05. The van der Waals surface area contributed by atoms with Crippen molar-refractivity contribution < 1.29 is 22.7 Å². The van der Waals surface area contributed by atoms with Crippen LogP contribution in [-0.2, 0) is 10.9 Å². The number of hydrogen-bond acceptors (Lipinski definition) is 4. The Bertz CT molecular complexity index is 1230. The van der Waals surface area contributed by atoms with Crippen LogP contribution in [0.1, 0.15) is 34.0 Å². The van der Waals surface area contributed by atoms with Crippen LogP contribution in [0.15, 0.2) is 60.7 Å². The molecule has 1 amide bonds. The van der Waals surface area contributed by atoms with Crippen LogP contribution in [0.2, 0.25) is 0 Å². The molecule has 0 spiro atoms. The Morgan fingerprint density at radius 1 is 1.09 bits per heavy atom. The number of likely N-dealkylation sites (N-methyl/N-ethyl adjacent to an activating group) is 1. The van der Waals surface area contributed by atoms with E-state index in [1.54, 1.807) is 54.3 Å². The number of carbonyl (C=O) groups is 1. The Morgan fingerprint density at radius 3 is 2.40 bits per heavy atom. The average molecular weight is 482 g/mol. The predicted molar refractivity (Wildman–Crippen MR) is 130 cm³/mol. The van der Waals surface area contributed by atoms with E-state index in [9.17, 15) is 18.0 Å². The van der Waals surface area contributed by atoms with Crippen molar-refractivity contribution in [1.82, 2.24) is 0 Å². The molecule has 1 N–H and O–H groups in total. The van der Waals surface area contributed by atoms with Gasteiger partial charge in [-0.1, -0.05) is 18.2 Å². The van der Waals surface area contributed by atoms with Gasteiger partial charge in [-0.2, -0.15) is 18.4 Å². The number of nitrogens with one attached hydrogen (secondary N) is 1. The SMILES string of the molecule is CCN(CCOC)c1ccc(NC(=O)c2ccc(C)c(-c3ccc(C#N)cc3)c2)cc1C(F)(F)F. The molecule has 0 aliphatic carbocycles. The summed E-state index contributed by atoms with van der Waals surface area (Å²) < 4.78 is 46.6. The lowest BCUT2D eigenvalue weighted by Gasteiger charge is -2.26. The predicted octanol–water partition coefficient (Wildman–Crippen LogP) is 6.28. The van der Waals surface area contributed by atoms with Gasteiger partial charge < -0.3 is 15.0 Å². The zero-order valence-electron chi connectivity index (χ0n) is 19.7. The Balaban J connectivity index is 1.90. The summed E-state index contributed by atoms with van der Waals surface area (Å²) in [4.78, 5) is 14.5. The summed E-state index contributed by atoms with van der Waals surface area (Å²) in [5, 5.41) is 11.6. The number of hydrogen-bond donors (Lipinski definition) is 1. The highest BCUT2D eigenvalue weighted by Gasteiger charge is 2.35. The zero-order chi connectivity index (χ0) is 25.6. The number of nitrogens with zero attached hydrogens (tertiary/aromatic N) is 2. The highest BCUT2D eigenvalue weighted by atomic mass is 19.4. The fraction of sp³-hybridized carbons (Fsp3) is 0.259. The maximum atomic E-state index is 13.9. The topological polar surface area (TPSA) is 65.4 Å². The molecule has 182 valence electrons. The van der Waals surface area contributed by atoms with Gasteiger partial charge in [-0.3, -0.25) is 4.79 Å². The van der Waals surface area contributed by atoms with Crippen molar-refractivity contribution in [2.24, 2.45) is 0 Å². The van der Waals surface area contributed by atoms with Gasteiger partial charge in [0.2, 0.25) is 0 Å². The van der Waals surface area contributed by atoms with Gasteiger partial charge in [0.05, 0.1) is 23.8 Å². The lowest BCUT2D eigenvalue weighted by Crippen LogP contribution is -2.29. The number of halogens is 3. The van der Waals surface area contributed by atoms with E-state index >= 15 is 0 Å². The second-order valence-corrected chi connectivity index (χ2v) is 7.98. The number of carbonyl (C=O) groups excluding carboxylic acids is 1. The first kappa shape index (κ1) is 25.8. The standard InChI is InChI=1S/C27H26F3N3O2/c1-4-33(13-14-35-3)25-12-11-22(16-24(25)27(28,29)30)32-26(34)21-8-5-18(2)23(15-21)20-9-6-19(17-31)7-10-20/h5-12,15-16H,4,13-14H2,1-3H3,(H,32,34). The normalized spacial score (nSPS) is 11.1. The maximum absolute atomic E-state index is 13.9. The van der Waals surface area contributed by atoms with Crippen molar-refractivity contribution in [1.29, 1.82) is 5.26 Å². The van der Waals surface area contributed by atoms with E-state index < -0.39 is 17.6 Å². The number of ether oxygens (including phenoxy) is 1. The third-order valence-corrected chi connectivity index (χ3v) is 5.67. The van der Waals surface area contributed by atoms with Crippen LogP contribution in [0, 0.1) is 18.3 Å². The molecular formula is C27H26F3N3O2. The Kier molecular flexibility index (Phi) is 8.15. The number of alkyl halides is 3. The molecule has 0 aromatic heterocycles. The lowest BCUT2D eigenvalue weighted by molar-refractivity contribution is -0.137. The molecule has 0 saturated carbocycles. The third-order valence-electron chi connectivity index (χ3n) is 5.67. The molecular weight excluding hydrogens is 455 g/mol. The van der Waals surface area contributed by atoms with Crippen molar-refractivity contribution in [2.75, 3.05) is 37.0 Å². The number of aryl methyl sites for hydroxylation is 1. The molecule has 0 aliphatic heterocycles. The summed E-state index contributed by atoms with van der Waals surface area (Å²) >= 11 is 0. The van der Waals surface area contributed by atoms with Gasteiger partial charge in [0.1, 0.15) is 0 Å². The summed E-state index contributed by atoms with van der Waals surface area (Å²) in [6.45, 7) is 4.64. The highest BCUT2D eigenvalue weighted by Crippen LogP contribution is 2.38. The van der Waals surface area contributed by atoms with E-state index in [0.717, 1.165) is 22.8 Å². The minimum atomic E-state index is -4.59. The van der Waals surface area contributed by atoms with E-state index in [-0.39, 0.29) is 11.4 Å². The smallest absolute Gasteiger partial charge is 0.383 e. The quantitative estimate of drug-likeness (QED) is 0.411. The molecule has 0 atom stereocenters. The molecule has 0 heterocycles. The van der Waals surface area contributed by atoms with E-state index in [4.69, 9.17) is 10.00 Å². The maximum Gasteiger partial charge on any atom is 0.418 e. The summed E-state index contributed by atoms with van der Waals surface area (Å²) in [6, 6.07) is 17.9. The molecule has 35 heavy (non-hydrogen) atoms. The fourth-order valence-electron chi connectivity index (χ4n) is 3.77. The van der Waals surface area contributed by atoms with E-state index in [1.807, 2.05) is 6.92 Å². The Labute approximate surface area is 202 Å². The van der Waals surface area contributed by atoms with E-state index in [2.05, 4.69) is 11.4 Å². The molecule has 0 fully saturated rings. The van der Waals surface area contributed by atoms with Gasteiger partial charge in [0.25, 0.3) is 5.91 Å². The number of methoxy groups -OCH3 is 1. The number of rotatable bonds is 8. The second kappa shape index (κ2) is 11.1. The van der Waals surface area contributed by atoms with Gasteiger partial charge in [-0.25, -0.2) is 0 Å². The van der Waals surface area contributed by atoms with Crippen LogP contribution in [0.25, 0.3) is 11.1 Å². The van der Waals surface area contributed by atoms with E-state index in [1.165, 1.54) is 19.2 Å². The molecule has 0 unspecified atom stereocenters. The van der Waals surface area contributed by atoms with Gasteiger partial charge in [0.15, 0.2) is 0 Å². The number of amides is 1. The molecule has 0 bridgehead atoms. The van der Waals surface area contributed by atoms with Gasteiger partial charge in [-0.05, 0) is 73.0 Å². The van der Waals surface area contributed by atoms with Crippen molar-refractivity contribution in [3.8, 4) is 17.2 Å². The third kappa shape index (κ3) is 6.19. The molecule has 0 aliphatic rings. The first-order valence-corrected chi connectivity index (χ1v) is 11.1. The van der Waals surface area contributed by atoms with Crippen molar-refractivity contribution >= 4 is 17.3 Å². The van der Waals surface area contributed by atoms with Crippen LogP contribution in [0.5, 0.6) is 0 Å². The molecule has 3 aromatic carbocycles. The largest absolute Gasteiger partial charge is 0.418 e.